The van der Waals surface area contributed by atoms with Gasteiger partial charge >= 0.3 is 0 Å². The van der Waals surface area contributed by atoms with E-state index in [-0.39, 0.29) is 28.9 Å². The van der Waals surface area contributed by atoms with Crippen LogP contribution in [0.5, 0.6) is 0 Å². The minimum atomic E-state index is -2.97. The molecule has 5 nitrogen and oxygen atoms in total. The highest BCUT2D eigenvalue weighted by Crippen LogP contribution is 2.21. The number of amides is 1. The second-order valence-corrected chi connectivity index (χ2v) is 8.92. The van der Waals surface area contributed by atoms with Crippen LogP contribution in [0.15, 0.2) is 0 Å². The van der Waals surface area contributed by atoms with E-state index in [1.165, 1.54) is 0 Å². The van der Waals surface area contributed by atoms with E-state index in [1.54, 1.807) is 4.90 Å². The Labute approximate surface area is 116 Å². The zero-order valence-corrected chi connectivity index (χ0v) is 13.0. The Morgan fingerprint density at radius 1 is 1.26 bits per heavy atom. The second-order valence-electron chi connectivity index (χ2n) is 6.62. The van der Waals surface area contributed by atoms with Gasteiger partial charge in [0.2, 0.25) is 5.91 Å². The molecule has 0 aromatic rings. The predicted octanol–water partition coefficient (Wildman–Crippen LogP) is 0.787. The summed E-state index contributed by atoms with van der Waals surface area (Å²) in [5.74, 6) is 0.242. The Bertz CT molecular complexity index is 412. The average Bonchev–Trinajstić information content (AvgIpc) is 2.36. The summed E-state index contributed by atoms with van der Waals surface area (Å²) in [4.78, 5) is 13.8. The molecule has 0 spiro atoms. The molecule has 1 fully saturated rings. The minimum absolute atomic E-state index is 0.0196. The summed E-state index contributed by atoms with van der Waals surface area (Å²) in [7, 11) is -2.97. The number of hydrogen-bond donors (Lipinski definition) is 1. The molecule has 0 aromatic carbocycles. The summed E-state index contributed by atoms with van der Waals surface area (Å²) in [5, 5.41) is 0. The fourth-order valence-electron chi connectivity index (χ4n) is 2.40. The zero-order valence-electron chi connectivity index (χ0n) is 12.2. The van der Waals surface area contributed by atoms with Crippen LogP contribution in [0.3, 0.4) is 0 Å². The van der Waals surface area contributed by atoms with Crippen molar-refractivity contribution < 1.29 is 13.2 Å². The maximum absolute atomic E-state index is 12.1. The Kier molecular flexibility index (Phi) is 5.38. The number of carbonyl (C=O) groups excluding carboxylic acids is 1. The smallest absolute Gasteiger partial charge is 0.224 e. The van der Waals surface area contributed by atoms with Gasteiger partial charge in [-0.25, -0.2) is 8.42 Å². The molecule has 1 amide bonds. The number of hydrogen-bond acceptors (Lipinski definition) is 4. The molecule has 1 aliphatic rings. The lowest BCUT2D eigenvalue weighted by atomic mass is 9.87. The van der Waals surface area contributed by atoms with Crippen molar-refractivity contribution >= 4 is 15.7 Å². The second kappa shape index (κ2) is 6.22. The van der Waals surface area contributed by atoms with Crippen LogP contribution in [-0.4, -0.2) is 49.9 Å². The van der Waals surface area contributed by atoms with Crippen molar-refractivity contribution in [1.29, 1.82) is 0 Å². The van der Waals surface area contributed by atoms with Crippen molar-refractivity contribution in [1.82, 2.24) is 4.90 Å². The molecule has 0 aromatic heterocycles. The third-order valence-corrected chi connectivity index (χ3v) is 4.93. The van der Waals surface area contributed by atoms with E-state index in [0.717, 1.165) is 6.42 Å². The third-order valence-electron chi connectivity index (χ3n) is 3.22. The van der Waals surface area contributed by atoms with Gasteiger partial charge in [-0.3, -0.25) is 4.79 Å². The average molecular weight is 290 g/mol. The predicted molar refractivity (Wildman–Crippen MR) is 76.5 cm³/mol. The van der Waals surface area contributed by atoms with E-state index >= 15 is 0 Å². The van der Waals surface area contributed by atoms with Crippen molar-refractivity contribution in [3.8, 4) is 0 Å². The molecule has 1 saturated heterocycles. The lowest BCUT2D eigenvalue weighted by molar-refractivity contribution is -0.131. The Balaban J connectivity index is 2.49. The summed E-state index contributed by atoms with van der Waals surface area (Å²) in [6, 6.07) is -0.160. The summed E-state index contributed by atoms with van der Waals surface area (Å²) in [6.07, 6.45) is 1.62. The van der Waals surface area contributed by atoms with Crippen molar-refractivity contribution in [3.63, 3.8) is 0 Å². The van der Waals surface area contributed by atoms with E-state index in [2.05, 4.69) is 20.8 Å². The van der Waals surface area contributed by atoms with E-state index < -0.39 is 9.84 Å². The summed E-state index contributed by atoms with van der Waals surface area (Å²) in [6.45, 7) is 7.12. The SMILES string of the molecule is CC(C)(C)CC(N)CC(=O)N1CCCS(=O)(=O)CC1. The van der Waals surface area contributed by atoms with Crippen molar-refractivity contribution in [2.45, 2.75) is 46.1 Å². The highest BCUT2D eigenvalue weighted by Gasteiger charge is 2.25. The number of rotatable bonds is 3. The first-order valence-electron chi connectivity index (χ1n) is 6.83. The standard InChI is InChI=1S/C13H26N2O3S/c1-13(2,3)10-11(14)9-12(16)15-5-4-7-19(17,18)8-6-15/h11H,4-10,14H2,1-3H3. The molecule has 19 heavy (non-hydrogen) atoms. The lowest BCUT2D eigenvalue weighted by Crippen LogP contribution is -2.38. The van der Waals surface area contributed by atoms with Crippen molar-refractivity contribution in [2.75, 3.05) is 24.6 Å². The molecule has 1 unspecified atom stereocenters. The number of carbonyl (C=O) groups is 1. The zero-order chi connectivity index (χ0) is 14.7. The Morgan fingerprint density at radius 2 is 1.89 bits per heavy atom. The van der Waals surface area contributed by atoms with Crippen LogP contribution in [0.2, 0.25) is 0 Å². The number of nitrogens with two attached hydrogens (primary N) is 1. The Hall–Kier alpha value is -0.620. The van der Waals surface area contributed by atoms with Gasteiger partial charge in [-0.05, 0) is 18.3 Å². The van der Waals surface area contributed by atoms with Crippen molar-refractivity contribution in [3.05, 3.63) is 0 Å². The molecule has 1 rings (SSSR count). The molecule has 2 N–H and O–H groups in total. The summed E-state index contributed by atoms with van der Waals surface area (Å²) >= 11 is 0. The van der Waals surface area contributed by atoms with E-state index in [4.69, 9.17) is 5.73 Å². The van der Waals surface area contributed by atoms with Gasteiger partial charge in [0.1, 0.15) is 0 Å². The molecule has 1 heterocycles. The third kappa shape index (κ3) is 6.38. The van der Waals surface area contributed by atoms with E-state index in [1.807, 2.05) is 0 Å². The van der Waals surface area contributed by atoms with Crippen LogP contribution in [0, 0.1) is 5.41 Å². The van der Waals surface area contributed by atoms with Gasteiger partial charge in [0, 0.05) is 25.6 Å². The first-order chi connectivity index (χ1) is 8.59. The van der Waals surface area contributed by atoms with Gasteiger partial charge in [-0.1, -0.05) is 20.8 Å². The molecule has 1 atom stereocenters. The van der Waals surface area contributed by atoms with E-state index in [0.29, 0.717) is 25.9 Å². The Morgan fingerprint density at radius 3 is 2.47 bits per heavy atom. The highest BCUT2D eigenvalue weighted by atomic mass is 32.2. The molecular weight excluding hydrogens is 264 g/mol. The molecule has 0 bridgehead atoms. The van der Waals surface area contributed by atoms with Crippen molar-refractivity contribution in [2.24, 2.45) is 11.1 Å². The normalized spacial score (nSPS) is 21.8. The van der Waals surface area contributed by atoms with Crippen LogP contribution in [0.25, 0.3) is 0 Å². The van der Waals surface area contributed by atoms with Gasteiger partial charge in [0.25, 0.3) is 0 Å². The molecular formula is C13H26N2O3S. The first kappa shape index (κ1) is 16.4. The van der Waals surface area contributed by atoms with Crippen LogP contribution in [-0.2, 0) is 14.6 Å². The summed E-state index contributed by atoms with van der Waals surface area (Å²) in [5.41, 5.74) is 6.09. The first-order valence-corrected chi connectivity index (χ1v) is 8.65. The number of nitrogens with zero attached hydrogens (tertiary/aromatic N) is 1. The monoisotopic (exact) mass is 290 g/mol. The fourth-order valence-corrected chi connectivity index (χ4v) is 3.67. The van der Waals surface area contributed by atoms with Gasteiger partial charge in [-0.2, -0.15) is 0 Å². The van der Waals surface area contributed by atoms with Crippen LogP contribution < -0.4 is 5.73 Å². The summed E-state index contributed by atoms with van der Waals surface area (Å²) < 4.78 is 23.0. The molecule has 6 heteroatoms. The van der Waals surface area contributed by atoms with Gasteiger partial charge in [0.05, 0.1) is 11.5 Å². The van der Waals surface area contributed by atoms with Crippen LogP contribution >= 0.6 is 0 Å². The fraction of sp³-hybridized carbons (Fsp3) is 0.923. The maximum Gasteiger partial charge on any atom is 0.224 e. The minimum Gasteiger partial charge on any atom is -0.342 e. The largest absolute Gasteiger partial charge is 0.342 e. The molecule has 0 aliphatic carbocycles. The topological polar surface area (TPSA) is 80.5 Å². The number of sulfone groups is 1. The van der Waals surface area contributed by atoms with Crippen LogP contribution in [0.1, 0.15) is 40.0 Å². The highest BCUT2D eigenvalue weighted by molar-refractivity contribution is 7.91. The molecule has 1 aliphatic heterocycles. The van der Waals surface area contributed by atoms with Gasteiger partial charge < -0.3 is 10.6 Å². The quantitative estimate of drug-likeness (QED) is 0.833. The van der Waals surface area contributed by atoms with Crippen LogP contribution in [0.4, 0.5) is 0 Å². The molecule has 112 valence electrons. The molecule has 0 radical (unpaired) electrons. The lowest BCUT2D eigenvalue weighted by Gasteiger charge is -2.25. The maximum atomic E-state index is 12.1. The van der Waals surface area contributed by atoms with Gasteiger partial charge in [0.15, 0.2) is 9.84 Å². The van der Waals surface area contributed by atoms with Gasteiger partial charge in [-0.15, -0.1) is 0 Å². The molecule has 0 saturated carbocycles. The van der Waals surface area contributed by atoms with E-state index in [9.17, 15) is 13.2 Å².